The minimum Gasteiger partial charge on any atom is -0.310 e. The molecule has 4 heteroatoms. The number of hydrogen-bond donors (Lipinski definition) is 1. The van der Waals surface area contributed by atoms with E-state index in [0.29, 0.717) is 12.2 Å². The average molecular weight is 319 g/mol. The Morgan fingerprint density at radius 1 is 1.21 bits per heavy atom. The van der Waals surface area contributed by atoms with Crippen LogP contribution in [0.3, 0.4) is 0 Å². The Hall–Kier alpha value is -1.68. The van der Waals surface area contributed by atoms with Crippen molar-refractivity contribution >= 4 is 27.7 Å². The molecule has 0 unspecified atom stereocenters. The smallest absolute Gasteiger partial charge is 0.229 e. The third kappa shape index (κ3) is 3.89. The number of halogens is 1. The fraction of sp³-hybridized carbons (Fsp3) is 0.200. The van der Waals surface area contributed by atoms with Gasteiger partial charge in [-0.05, 0) is 42.7 Å². The number of pyridine rings is 1. The minimum atomic E-state index is -0.0612. The van der Waals surface area contributed by atoms with Crippen molar-refractivity contribution in [1.29, 1.82) is 0 Å². The van der Waals surface area contributed by atoms with Crippen molar-refractivity contribution in [2.75, 3.05) is 5.32 Å². The van der Waals surface area contributed by atoms with Crippen LogP contribution >= 0.6 is 15.9 Å². The molecular weight excluding hydrogens is 304 g/mol. The Morgan fingerprint density at radius 3 is 2.68 bits per heavy atom. The van der Waals surface area contributed by atoms with Crippen LogP contribution in [0, 0.1) is 13.8 Å². The van der Waals surface area contributed by atoms with Gasteiger partial charge in [-0.3, -0.25) is 4.79 Å². The van der Waals surface area contributed by atoms with Crippen LogP contribution in [0.4, 0.5) is 5.82 Å². The first-order valence-electron chi connectivity index (χ1n) is 6.02. The summed E-state index contributed by atoms with van der Waals surface area (Å²) in [7, 11) is 0. The first-order valence-corrected chi connectivity index (χ1v) is 6.81. The van der Waals surface area contributed by atoms with Crippen molar-refractivity contribution in [2.24, 2.45) is 0 Å². The maximum atomic E-state index is 11.9. The van der Waals surface area contributed by atoms with Crippen LogP contribution in [0.15, 0.2) is 41.0 Å². The molecule has 19 heavy (non-hydrogen) atoms. The Morgan fingerprint density at radius 2 is 2.00 bits per heavy atom. The maximum absolute atomic E-state index is 11.9. The molecule has 2 rings (SSSR count). The lowest BCUT2D eigenvalue weighted by Gasteiger charge is -2.06. The van der Waals surface area contributed by atoms with E-state index in [9.17, 15) is 4.79 Å². The van der Waals surface area contributed by atoms with E-state index in [1.54, 1.807) is 12.3 Å². The molecule has 1 heterocycles. The van der Waals surface area contributed by atoms with E-state index in [1.807, 2.05) is 31.2 Å². The van der Waals surface area contributed by atoms with E-state index in [2.05, 4.69) is 33.2 Å². The minimum absolute atomic E-state index is 0.0612. The van der Waals surface area contributed by atoms with Gasteiger partial charge >= 0.3 is 0 Å². The first-order chi connectivity index (χ1) is 9.04. The molecule has 0 radical (unpaired) electrons. The molecule has 0 bridgehead atoms. The van der Waals surface area contributed by atoms with Crippen molar-refractivity contribution < 1.29 is 4.79 Å². The molecule has 1 aromatic heterocycles. The molecule has 1 N–H and O–H groups in total. The molecule has 98 valence electrons. The normalized spacial score (nSPS) is 10.3. The average Bonchev–Trinajstić information content (AvgIpc) is 2.34. The van der Waals surface area contributed by atoms with Crippen molar-refractivity contribution in [3.63, 3.8) is 0 Å². The second kappa shape index (κ2) is 5.97. The molecule has 3 nitrogen and oxygen atoms in total. The van der Waals surface area contributed by atoms with Crippen LogP contribution in [0.2, 0.25) is 0 Å². The molecule has 1 amide bonds. The molecule has 0 spiro atoms. The quantitative estimate of drug-likeness (QED) is 0.938. The Kier molecular flexibility index (Phi) is 4.32. The number of aromatic nitrogens is 1. The van der Waals surface area contributed by atoms with Crippen LogP contribution in [-0.4, -0.2) is 10.9 Å². The van der Waals surface area contributed by atoms with Gasteiger partial charge in [0.15, 0.2) is 0 Å². The van der Waals surface area contributed by atoms with E-state index in [4.69, 9.17) is 0 Å². The Bertz CT molecular complexity index is 611. The second-order valence-corrected chi connectivity index (χ2v) is 5.42. The maximum Gasteiger partial charge on any atom is 0.229 e. The highest BCUT2D eigenvalue weighted by Crippen LogP contribution is 2.14. The number of amides is 1. The van der Waals surface area contributed by atoms with Gasteiger partial charge in [-0.25, -0.2) is 4.98 Å². The fourth-order valence-corrected chi connectivity index (χ4v) is 2.09. The first kappa shape index (κ1) is 13.7. The topological polar surface area (TPSA) is 42.0 Å². The number of hydrogen-bond acceptors (Lipinski definition) is 2. The van der Waals surface area contributed by atoms with Gasteiger partial charge in [0.25, 0.3) is 0 Å². The summed E-state index contributed by atoms with van der Waals surface area (Å²) in [6.45, 7) is 4.11. The van der Waals surface area contributed by atoms with Crippen LogP contribution in [0.5, 0.6) is 0 Å². The second-order valence-electron chi connectivity index (χ2n) is 4.50. The monoisotopic (exact) mass is 318 g/mol. The van der Waals surface area contributed by atoms with E-state index < -0.39 is 0 Å². The van der Waals surface area contributed by atoms with Crippen LogP contribution in [0.1, 0.15) is 16.7 Å². The zero-order valence-corrected chi connectivity index (χ0v) is 12.5. The van der Waals surface area contributed by atoms with E-state index in [0.717, 1.165) is 10.0 Å². The highest BCUT2D eigenvalue weighted by atomic mass is 79.9. The summed E-state index contributed by atoms with van der Waals surface area (Å²) >= 11 is 3.35. The molecule has 0 saturated carbocycles. The van der Waals surface area contributed by atoms with E-state index in [1.165, 1.54) is 11.1 Å². The van der Waals surface area contributed by atoms with Crippen molar-refractivity contribution in [2.45, 2.75) is 20.3 Å². The van der Waals surface area contributed by atoms with Gasteiger partial charge in [-0.1, -0.05) is 34.1 Å². The number of rotatable bonds is 3. The molecule has 0 atom stereocenters. The lowest BCUT2D eigenvalue weighted by Crippen LogP contribution is -2.15. The summed E-state index contributed by atoms with van der Waals surface area (Å²) in [4.78, 5) is 16.0. The number of benzene rings is 1. The fourth-order valence-electron chi connectivity index (χ4n) is 1.76. The number of carbonyl (C=O) groups is 1. The molecule has 0 fully saturated rings. The predicted molar refractivity (Wildman–Crippen MR) is 80.2 cm³/mol. The van der Waals surface area contributed by atoms with Crippen molar-refractivity contribution in [3.05, 3.63) is 57.7 Å². The Labute approximate surface area is 121 Å². The van der Waals surface area contributed by atoms with Gasteiger partial charge in [-0.2, -0.15) is 0 Å². The number of carbonyl (C=O) groups excluding carboxylic acids is 1. The molecule has 0 aliphatic heterocycles. The molecule has 2 aromatic rings. The summed E-state index contributed by atoms with van der Waals surface area (Å²) in [5.74, 6) is 0.497. The largest absolute Gasteiger partial charge is 0.310 e. The van der Waals surface area contributed by atoms with Crippen LogP contribution in [-0.2, 0) is 11.2 Å². The third-order valence-corrected chi connectivity index (χ3v) is 3.42. The van der Waals surface area contributed by atoms with Gasteiger partial charge < -0.3 is 5.32 Å². The molecule has 0 saturated heterocycles. The number of aryl methyl sites for hydroxylation is 2. The van der Waals surface area contributed by atoms with E-state index in [-0.39, 0.29) is 5.91 Å². The lowest BCUT2D eigenvalue weighted by atomic mass is 10.0. The van der Waals surface area contributed by atoms with Crippen molar-refractivity contribution in [1.82, 2.24) is 4.98 Å². The van der Waals surface area contributed by atoms with Gasteiger partial charge in [0.05, 0.1) is 6.42 Å². The van der Waals surface area contributed by atoms with E-state index >= 15 is 0 Å². The summed E-state index contributed by atoms with van der Waals surface area (Å²) in [5.41, 5.74) is 3.44. The zero-order chi connectivity index (χ0) is 13.8. The summed E-state index contributed by atoms with van der Waals surface area (Å²) < 4.78 is 0.893. The zero-order valence-electron chi connectivity index (χ0n) is 10.9. The number of nitrogens with one attached hydrogen (secondary N) is 1. The Balaban J connectivity index is 2.03. The third-order valence-electron chi connectivity index (χ3n) is 2.93. The van der Waals surface area contributed by atoms with Crippen molar-refractivity contribution in [3.8, 4) is 0 Å². The highest BCUT2D eigenvalue weighted by Gasteiger charge is 2.06. The standard InChI is InChI=1S/C15H15BrN2O/c1-10-3-4-12(7-11(10)2)8-15(19)18-14-9-13(16)5-6-17-14/h3-7,9H,8H2,1-2H3,(H,17,18,19). The highest BCUT2D eigenvalue weighted by molar-refractivity contribution is 9.10. The van der Waals surface area contributed by atoms with Crippen LogP contribution in [0.25, 0.3) is 0 Å². The number of anilines is 1. The SMILES string of the molecule is Cc1ccc(CC(=O)Nc2cc(Br)ccn2)cc1C. The molecule has 0 aliphatic rings. The summed E-state index contributed by atoms with van der Waals surface area (Å²) in [6, 6.07) is 9.66. The van der Waals surface area contributed by atoms with Crippen LogP contribution < -0.4 is 5.32 Å². The van der Waals surface area contributed by atoms with Gasteiger partial charge in [0.1, 0.15) is 5.82 Å². The predicted octanol–water partition coefficient (Wildman–Crippen LogP) is 3.64. The van der Waals surface area contributed by atoms with Gasteiger partial charge in [0.2, 0.25) is 5.91 Å². The number of nitrogens with zero attached hydrogens (tertiary/aromatic N) is 1. The molecule has 0 aliphatic carbocycles. The molecular formula is C15H15BrN2O. The van der Waals surface area contributed by atoms with Gasteiger partial charge in [-0.15, -0.1) is 0 Å². The lowest BCUT2D eigenvalue weighted by molar-refractivity contribution is -0.115. The van der Waals surface area contributed by atoms with Gasteiger partial charge in [0, 0.05) is 10.7 Å². The molecule has 1 aromatic carbocycles. The summed E-state index contributed by atoms with van der Waals surface area (Å²) in [5, 5.41) is 2.79. The summed E-state index contributed by atoms with van der Waals surface area (Å²) in [6.07, 6.45) is 2.00.